The summed E-state index contributed by atoms with van der Waals surface area (Å²) < 4.78 is 12.7. The second-order valence-electron chi connectivity index (χ2n) is 3.94. The molecule has 0 amide bonds. The Morgan fingerprint density at radius 2 is 2.17 bits per heavy atom. The Balaban J connectivity index is 2.12. The zero-order valence-corrected chi connectivity index (χ0v) is 10.6. The maximum absolute atomic E-state index is 5.74. The van der Waals surface area contributed by atoms with Crippen molar-refractivity contribution in [2.24, 2.45) is 0 Å². The Morgan fingerprint density at radius 1 is 1.33 bits per heavy atom. The standard InChI is InChI=1S/C13H17N3O2/c1-3-6-16-9-11(8-15-16)18-10-4-5-12(14)13(7-10)17-2/h4-5,7-9H,3,6,14H2,1-2H3. The van der Waals surface area contributed by atoms with Gasteiger partial charge in [0, 0.05) is 12.6 Å². The molecular weight excluding hydrogens is 230 g/mol. The number of nitrogens with two attached hydrogens (primary N) is 1. The number of hydrogen-bond acceptors (Lipinski definition) is 4. The third-order valence-corrected chi connectivity index (χ3v) is 2.50. The van der Waals surface area contributed by atoms with Crippen LogP contribution in [-0.2, 0) is 6.54 Å². The average Bonchev–Trinajstić information content (AvgIpc) is 2.80. The lowest BCUT2D eigenvalue weighted by atomic mass is 10.3. The van der Waals surface area contributed by atoms with Crippen LogP contribution in [0.4, 0.5) is 5.69 Å². The minimum atomic E-state index is 0.589. The van der Waals surface area contributed by atoms with E-state index in [0.717, 1.165) is 13.0 Å². The SMILES string of the molecule is CCCn1cc(Oc2ccc(N)c(OC)c2)cn1. The number of nitrogen functional groups attached to an aromatic ring is 1. The first-order chi connectivity index (χ1) is 8.72. The molecule has 0 aliphatic rings. The summed E-state index contributed by atoms with van der Waals surface area (Å²) >= 11 is 0. The van der Waals surface area contributed by atoms with Crippen LogP contribution in [0.3, 0.4) is 0 Å². The average molecular weight is 247 g/mol. The van der Waals surface area contributed by atoms with E-state index in [1.165, 1.54) is 0 Å². The molecule has 96 valence electrons. The molecule has 0 saturated heterocycles. The number of aryl methyl sites for hydroxylation is 1. The number of aromatic nitrogens is 2. The van der Waals surface area contributed by atoms with Crippen molar-refractivity contribution in [2.75, 3.05) is 12.8 Å². The smallest absolute Gasteiger partial charge is 0.165 e. The first kappa shape index (κ1) is 12.3. The fourth-order valence-electron chi connectivity index (χ4n) is 1.64. The van der Waals surface area contributed by atoms with Gasteiger partial charge < -0.3 is 15.2 Å². The number of benzene rings is 1. The maximum Gasteiger partial charge on any atom is 0.165 e. The summed E-state index contributed by atoms with van der Waals surface area (Å²) in [6.07, 6.45) is 4.60. The van der Waals surface area contributed by atoms with Crippen molar-refractivity contribution >= 4 is 5.69 Å². The largest absolute Gasteiger partial charge is 0.494 e. The van der Waals surface area contributed by atoms with Crippen LogP contribution in [0.2, 0.25) is 0 Å². The second kappa shape index (κ2) is 5.44. The molecule has 0 radical (unpaired) electrons. The highest BCUT2D eigenvalue weighted by atomic mass is 16.5. The summed E-state index contributed by atoms with van der Waals surface area (Å²) in [5.74, 6) is 1.99. The Kier molecular flexibility index (Phi) is 3.72. The molecule has 2 aromatic rings. The van der Waals surface area contributed by atoms with E-state index in [4.69, 9.17) is 15.2 Å². The van der Waals surface area contributed by atoms with Gasteiger partial charge in [0.1, 0.15) is 11.5 Å². The molecule has 1 aromatic heterocycles. The van der Waals surface area contributed by atoms with E-state index < -0.39 is 0 Å². The van der Waals surface area contributed by atoms with Crippen LogP contribution in [0.5, 0.6) is 17.2 Å². The van der Waals surface area contributed by atoms with E-state index >= 15 is 0 Å². The summed E-state index contributed by atoms with van der Waals surface area (Å²) in [6.45, 7) is 2.99. The second-order valence-corrected chi connectivity index (χ2v) is 3.94. The number of methoxy groups -OCH3 is 1. The molecule has 0 fully saturated rings. The summed E-state index contributed by atoms with van der Waals surface area (Å²) in [5.41, 5.74) is 6.33. The minimum Gasteiger partial charge on any atom is -0.494 e. The predicted molar refractivity (Wildman–Crippen MR) is 70.0 cm³/mol. The van der Waals surface area contributed by atoms with Gasteiger partial charge in [-0.25, -0.2) is 0 Å². The van der Waals surface area contributed by atoms with Crippen molar-refractivity contribution in [1.29, 1.82) is 0 Å². The van der Waals surface area contributed by atoms with Gasteiger partial charge in [-0.1, -0.05) is 6.92 Å². The van der Waals surface area contributed by atoms with E-state index in [9.17, 15) is 0 Å². The molecule has 0 aliphatic heterocycles. The van der Waals surface area contributed by atoms with Crippen molar-refractivity contribution in [3.8, 4) is 17.2 Å². The van der Waals surface area contributed by atoms with Gasteiger partial charge in [0.05, 0.1) is 25.2 Å². The Bertz CT molecular complexity index is 523. The van der Waals surface area contributed by atoms with Crippen LogP contribution in [0, 0.1) is 0 Å². The van der Waals surface area contributed by atoms with Crippen LogP contribution < -0.4 is 15.2 Å². The first-order valence-corrected chi connectivity index (χ1v) is 5.86. The fourth-order valence-corrected chi connectivity index (χ4v) is 1.64. The molecule has 0 atom stereocenters. The molecule has 1 heterocycles. The van der Waals surface area contributed by atoms with Crippen LogP contribution in [0.15, 0.2) is 30.6 Å². The van der Waals surface area contributed by atoms with Crippen molar-refractivity contribution in [1.82, 2.24) is 9.78 Å². The van der Waals surface area contributed by atoms with Crippen molar-refractivity contribution in [3.63, 3.8) is 0 Å². The lowest BCUT2D eigenvalue weighted by molar-refractivity contribution is 0.411. The molecule has 0 unspecified atom stereocenters. The fraction of sp³-hybridized carbons (Fsp3) is 0.308. The van der Waals surface area contributed by atoms with Gasteiger partial charge >= 0.3 is 0 Å². The molecule has 2 N–H and O–H groups in total. The molecule has 5 nitrogen and oxygen atoms in total. The maximum atomic E-state index is 5.74. The molecular formula is C13H17N3O2. The quantitative estimate of drug-likeness (QED) is 0.825. The molecule has 5 heteroatoms. The van der Waals surface area contributed by atoms with E-state index in [1.807, 2.05) is 10.9 Å². The number of nitrogens with zero attached hydrogens (tertiary/aromatic N) is 2. The zero-order chi connectivity index (χ0) is 13.0. The highest BCUT2D eigenvalue weighted by molar-refractivity contribution is 5.55. The van der Waals surface area contributed by atoms with Crippen molar-refractivity contribution < 1.29 is 9.47 Å². The van der Waals surface area contributed by atoms with Crippen LogP contribution in [-0.4, -0.2) is 16.9 Å². The molecule has 1 aromatic carbocycles. The van der Waals surface area contributed by atoms with Gasteiger partial charge in [-0.3, -0.25) is 4.68 Å². The Labute approximate surface area is 106 Å². The van der Waals surface area contributed by atoms with Crippen LogP contribution in [0.25, 0.3) is 0 Å². The molecule has 0 aliphatic carbocycles. The number of ether oxygens (including phenoxy) is 2. The molecule has 0 saturated carbocycles. The number of anilines is 1. The lowest BCUT2D eigenvalue weighted by Gasteiger charge is -2.07. The normalized spacial score (nSPS) is 10.3. The van der Waals surface area contributed by atoms with Gasteiger partial charge in [0.15, 0.2) is 5.75 Å². The lowest BCUT2D eigenvalue weighted by Crippen LogP contribution is -1.95. The summed E-state index contributed by atoms with van der Waals surface area (Å²) in [7, 11) is 1.58. The predicted octanol–water partition coefficient (Wildman–Crippen LogP) is 2.68. The van der Waals surface area contributed by atoms with Crippen molar-refractivity contribution in [3.05, 3.63) is 30.6 Å². The van der Waals surface area contributed by atoms with Gasteiger partial charge in [0.25, 0.3) is 0 Å². The number of rotatable bonds is 5. The third-order valence-electron chi connectivity index (χ3n) is 2.50. The van der Waals surface area contributed by atoms with Crippen LogP contribution in [0.1, 0.15) is 13.3 Å². The summed E-state index contributed by atoms with van der Waals surface area (Å²) in [6, 6.07) is 5.31. The summed E-state index contributed by atoms with van der Waals surface area (Å²) in [4.78, 5) is 0. The Morgan fingerprint density at radius 3 is 2.89 bits per heavy atom. The summed E-state index contributed by atoms with van der Waals surface area (Å²) in [5, 5.41) is 4.20. The van der Waals surface area contributed by atoms with E-state index in [1.54, 1.807) is 31.5 Å². The number of hydrogen-bond donors (Lipinski definition) is 1. The highest BCUT2D eigenvalue weighted by Gasteiger charge is 2.04. The van der Waals surface area contributed by atoms with Gasteiger partial charge in [-0.05, 0) is 18.6 Å². The molecule has 18 heavy (non-hydrogen) atoms. The van der Waals surface area contributed by atoms with Gasteiger partial charge in [-0.2, -0.15) is 5.10 Å². The third kappa shape index (κ3) is 2.74. The highest BCUT2D eigenvalue weighted by Crippen LogP contribution is 2.29. The zero-order valence-electron chi connectivity index (χ0n) is 10.6. The minimum absolute atomic E-state index is 0.589. The molecule has 2 rings (SSSR count). The van der Waals surface area contributed by atoms with Gasteiger partial charge in [0.2, 0.25) is 0 Å². The first-order valence-electron chi connectivity index (χ1n) is 5.86. The Hall–Kier alpha value is -2.17. The van der Waals surface area contributed by atoms with E-state index in [0.29, 0.717) is 22.9 Å². The molecule has 0 bridgehead atoms. The van der Waals surface area contributed by atoms with E-state index in [-0.39, 0.29) is 0 Å². The topological polar surface area (TPSA) is 62.3 Å². The monoisotopic (exact) mass is 247 g/mol. The van der Waals surface area contributed by atoms with Crippen molar-refractivity contribution in [2.45, 2.75) is 19.9 Å². The van der Waals surface area contributed by atoms with Gasteiger partial charge in [-0.15, -0.1) is 0 Å². The van der Waals surface area contributed by atoms with Crippen LogP contribution >= 0.6 is 0 Å². The molecule has 0 spiro atoms. The van der Waals surface area contributed by atoms with E-state index in [2.05, 4.69) is 12.0 Å².